The van der Waals surface area contributed by atoms with Crippen molar-refractivity contribution in [3.05, 3.63) is 46.5 Å². The van der Waals surface area contributed by atoms with Gasteiger partial charge < -0.3 is 15.0 Å². The third-order valence-corrected chi connectivity index (χ3v) is 3.65. The molecule has 0 bridgehead atoms. The number of halogens is 1. The molecule has 0 spiro atoms. The molecule has 0 unspecified atom stereocenters. The van der Waals surface area contributed by atoms with Crippen LogP contribution in [0.3, 0.4) is 0 Å². The molecular weight excluding hydrogens is 286 g/mol. The van der Waals surface area contributed by atoms with Crippen LogP contribution in [0.15, 0.2) is 24.3 Å². The SMILES string of the molecule is CCCCc1nc(Cl)c(CNCc2ccc(OC)cc2)[nH]1. The van der Waals surface area contributed by atoms with Crippen molar-refractivity contribution >= 4 is 11.6 Å². The van der Waals surface area contributed by atoms with E-state index in [1.165, 1.54) is 5.56 Å². The van der Waals surface area contributed by atoms with Gasteiger partial charge in [0.05, 0.1) is 12.8 Å². The van der Waals surface area contributed by atoms with Crippen molar-refractivity contribution < 1.29 is 4.74 Å². The number of H-pyrrole nitrogens is 1. The van der Waals surface area contributed by atoms with Crippen molar-refractivity contribution in [3.63, 3.8) is 0 Å². The Kier molecular flexibility index (Phi) is 6.08. The van der Waals surface area contributed by atoms with Gasteiger partial charge in [0.25, 0.3) is 0 Å². The summed E-state index contributed by atoms with van der Waals surface area (Å²) in [5.74, 6) is 1.85. The summed E-state index contributed by atoms with van der Waals surface area (Å²) in [7, 11) is 1.67. The van der Waals surface area contributed by atoms with E-state index < -0.39 is 0 Å². The van der Waals surface area contributed by atoms with Gasteiger partial charge in [-0.15, -0.1) is 0 Å². The second-order valence-electron chi connectivity index (χ2n) is 5.01. The fourth-order valence-electron chi connectivity index (χ4n) is 2.09. The van der Waals surface area contributed by atoms with E-state index in [-0.39, 0.29) is 0 Å². The summed E-state index contributed by atoms with van der Waals surface area (Å²) in [6, 6.07) is 8.02. The van der Waals surface area contributed by atoms with Gasteiger partial charge >= 0.3 is 0 Å². The summed E-state index contributed by atoms with van der Waals surface area (Å²) in [6.45, 7) is 3.63. The van der Waals surface area contributed by atoms with E-state index in [4.69, 9.17) is 16.3 Å². The number of nitrogens with one attached hydrogen (secondary N) is 2. The highest BCUT2D eigenvalue weighted by molar-refractivity contribution is 6.30. The van der Waals surface area contributed by atoms with Gasteiger partial charge in [-0.05, 0) is 24.1 Å². The van der Waals surface area contributed by atoms with Crippen molar-refractivity contribution in [3.8, 4) is 5.75 Å². The molecule has 0 atom stereocenters. The maximum Gasteiger partial charge on any atom is 0.151 e. The normalized spacial score (nSPS) is 10.8. The number of imidazole rings is 1. The minimum absolute atomic E-state index is 0.573. The number of methoxy groups -OCH3 is 1. The fourth-order valence-corrected chi connectivity index (χ4v) is 2.31. The van der Waals surface area contributed by atoms with E-state index in [0.717, 1.165) is 43.1 Å². The predicted molar refractivity (Wildman–Crippen MR) is 85.7 cm³/mol. The molecule has 2 rings (SSSR count). The summed E-state index contributed by atoms with van der Waals surface area (Å²) >= 11 is 6.15. The molecule has 1 aromatic heterocycles. The van der Waals surface area contributed by atoms with Crippen LogP contribution in [-0.4, -0.2) is 17.1 Å². The molecule has 114 valence electrons. The first-order valence-electron chi connectivity index (χ1n) is 7.29. The van der Waals surface area contributed by atoms with Crippen LogP contribution >= 0.6 is 11.6 Å². The Labute approximate surface area is 130 Å². The zero-order chi connectivity index (χ0) is 15.1. The average molecular weight is 308 g/mol. The van der Waals surface area contributed by atoms with Crippen molar-refractivity contribution in [1.82, 2.24) is 15.3 Å². The zero-order valence-electron chi connectivity index (χ0n) is 12.6. The second-order valence-corrected chi connectivity index (χ2v) is 5.37. The number of ether oxygens (including phenoxy) is 1. The minimum Gasteiger partial charge on any atom is -0.497 e. The Balaban J connectivity index is 1.83. The lowest BCUT2D eigenvalue weighted by Crippen LogP contribution is -2.13. The molecule has 0 fully saturated rings. The summed E-state index contributed by atoms with van der Waals surface area (Å²) in [5.41, 5.74) is 2.16. The van der Waals surface area contributed by atoms with E-state index in [2.05, 4.69) is 22.2 Å². The highest BCUT2D eigenvalue weighted by Crippen LogP contribution is 2.15. The topological polar surface area (TPSA) is 49.9 Å². The van der Waals surface area contributed by atoms with Gasteiger partial charge in [0.2, 0.25) is 0 Å². The third kappa shape index (κ3) is 4.76. The Bertz CT molecular complexity index is 551. The summed E-state index contributed by atoms with van der Waals surface area (Å²) in [5, 5.41) is 3.94. The zero-order valence-corrected chi connectivity index (χ0v) is 13.3. The van der Waals surface area contributed by atoms with Gasteiger partial charge in [0.1, 0.15) is 11.6 Å². The maximum absolute atomic E-state index is 6.15. The first kappa shape index (κ1) is 15.9. The smallest absolute Gasteiger partial charge is 0.151 e. The first-order chi connectivity index (χ1) is 10.2. The quantitative estimate of drug-likeness (QED) is 0.781. The molecule has 0 aliphatic carbocycles. The van der Waals surface area contributed by atoms with Gasteiger partial charge in [-0.2, -0.15) is 0 Å². The molecule has 5 heteroatoms. The number of nitrogens with zero attached hydrogens (tertiary/aromatic N) is 1. The van der Waals surface area contributed by atoms with Crippen LogP contribution in [0, 0.1) is 0 Å². The Morgan fingerprint density at radius 3 is 2.67 bits per heavy atom. The van der Waals surface area contributed by atoms with Crippen molar-refractivity contribution in [1.29, 1.82) is 0 Å². The number of hydrogen-bond acceptors (Lipinski definition) is 3. The molecule has 0 aliphatic heterocycles. The van der Waals surface area contributed by atoms with Crippen LogP contribution in [0.5, 0.6) is 5.75 Å². The second kappa shape index (κ2) is 8.05. The number of aryl methyl sites for hydroxylation is 1. The molecule has 2 aromatic rings. The molecule has 1 heterocycles. The highest BCUT2D eigenvalue weighted by atomic mass is 35.5. The highest BCUT2D eigenvalue weighted by Gasteiger charge is 2.07. The Hall–Kier alpha value is -1.52. The number of aromatic amines is 1. The first-order valence-corrected chi connectivity index (χ1v) is 7.67. The molecule has 0 amide bonds. The van der Waals surface area contributed by atoms with Crippen molar-refractivity contribution in [2.24, 2.45) is 0 Å². The monoisotopic (exact) mass is 307 g/mol. The number of aromatic nitrogens is 2. The third-order valence-electron chi connectivity index (χ3n) is 3.33. The van der Waals surface area contributed by atoms with Crippen molar-refractivity contribution in [2.75, 3.05) is 7.11 Å². The standard InChI is InChI=1S/C16H22ClN3O/c1-3-4-5-15-19-14(16(17)20-15)11-18-10-12-6-8-13(21-2)9-7-12/h6-9,18H,3-5,10-11H2,1-2H3,(H,19,20). The van der Waals surface area contributed by atoms with E-state index >= 15 is 0 Å². The molecule has 0 radical (unpaired) electrons. The lowest BCUT2D eigenvalue weighted by Gasteiger charge is -2.05. The maximum atomic E-state index is 6.15. The van der Waals surface area contributed by atoms with E-state index in [9.17, 15) is 0 Å². The lowest BCUT2D eigenvalue weighted by atomic mass is 10.2. The summed E-state index contributed by atoms with van der Waals surface area (Å²) in [4.78, 5) is 7.65. The van der Waals surface area contributed by atoms with Gasteiger partial charge in [0.15, 0.2) is 5.15 Å². The van der Waals surface area contributed by atoms with E-state index in [1.807, 2.05) is 24.3 Å². The van der Waals surface area contributed by atoms with Crippen LogP contribution in [0.1, 0.15) is 36.8 Å². The molecule has 0 saturated carbocycles. The molecule has 0 aliphatic rings. The Morgan fingerprint density at radius 2 is 2.00 bits per heavy atom. The molecule has 2 N–H and O–H groups in total. The van der Waals surface area contributed by atoms with E-state index in [0.29, 0.717) is 11.7 Å². The largest absolute Gasteiger partial charge is 0.497 e. The van der Waals surface area contributed by atoms with E-state index in [1.54, 1.807) is 7.11 Å². The molecule has 4 nitrogen and oxygen atoms in total. The van der Waals surface area contributed by atoms with Crippen LogP contribution in [0.4, 0.5) is 0 Å². The van der Waals surface area contributed by atoms with Crippen molar-refractivity contribution in [2.45, 2.75) is 39.3 Å². The minimum atomic E-state index is 0.573. The summed E-state index contributed by atoms with van der Waals surface area (Å²) in [6.07, 6.45) is 3.24. The number of rotatable bonds is 8. The number of hydrogen-bond donors (Lipinski definition) is 2. The van der Waals surface area contributed by atoms with Gasteiger partial charge in [0, 0.05) is 19.5 Å². The van der Waals surface area contributed by atoms with Crippen LogP contribution in [-0.2, 0) is 19.5 Å². The van der Waals surface area contributed by atoms with Gasteiger partial charge in [-0.25, -0.2) is 4.98 Å². The number of benzene rings is 1. The van der Waals surface area contributed by atoms with Gasteiger partial charge in [-0.3, -0.25) is 0 Å². The summed E-state index contributed by atoms with van der Waals surface area (Å²) < 4.78 is 5.14. The fraction of sp³-hybridized carbons (Fsp3) is 0.438. The van der Waals surface area contributed by atoms with Crippen LogP contribution in [0.25, 0.3) is 0 Å². The van der Waals surface area contributed by atoms with Crippen LogP contribution in [0.2, 0.25) is 5.15 Å². The van der Waals surface area contributed by atoms with Gasteiger partial charge in [-0.1, -0.05) is 37.1 Å². The Morgan fingerprint density at radius 1 is 1.24 bits per heavy atom. The molecule has 21 heavy (non-hydrogen) atoms. The predicted octanol–water partition coefficient (Wildman–Crippen LogP) is 3.70. The van der Waals surface area contributed by atoms with Crippen LogP contribution < -0.4 is 10.1 Å². The number of unbranched alkanes of at least 4 members (excludes halogenated alkanes) is 1. The molecule has 1 aromatic carbocycles. The molecular formula is C16H22ClN3O. The lowest BCUT2D eigenvalue weighted by molar-refractivity contribution is 0.414. The molecule has 0 saturated heterocycles. The average Bonchev–Trinajstić information content (AvgIpc) is 2.86.